The molecule has 2 rings (SSSR count). The quantitative estimate of drug-likeness (QED) is 0.677. The summed E-state index contributed by atoms with van der Waals surface area (Å²) < 4.78 is 5.19. The lowest BCUT2D eigenvalue weighted by atomic mass is 10.1. The highest BCUT2D eigenvalue weighted by Crippen LogP contribution is 2.25. The van der Waals surface area contributed by atoms with E-state index in [4.69, 9.17) is 16.3 Å². The lowest BCUT2D eigenvalue weighted by Gasteiger charge is -2.09. The minimum Gasteiger partial charge on any atom is -0.496 e. The van der Waals surface area contributed by atoms with Gasteiger partial charge in [-0.1, -0.05) is 29.8 Å². The third-order valence-corrected chi connectivity index (χ3v) is 3.36. The molecule has 0 fully saturated rings. The Labute approximate surface area is 131 Å². The number of halogens is 1. The Bertz CT molecular complexity index is 718. The van der Waals surface area contributed by atoms with Crippen molar-refractivity contribution in [3.63, 3.8) is 0 Å². The van der Waals surface area contributed by atoms with E-state index in [-0.39, 0.29) is 22.8 Å². The number of hydrogen-bond donors (Lipinski definition) is 1. The molecule has 1 N–H and O–H groups in total. The van der Waals surface area contributed by atoms with E-state index in [1.54, 1.807) is 13.2 Å². The van der Waals surface area contributed by atoms with Crippen molar-refractivity contribution in [1.82, 2.24) is 5.32 Å². The van der Waals surface area contributed by atoms with Crippen LogP contribution in [-0.4, -0.2) is 17.9 Å². The molecule has 0 heterocycles. The van der Waals surface area contributed by atoms with E-state index in [9.17, 15) is 14.9 Å². The molecule has 114 valence electrons. The van der Waals surface area contributed by atoms with E-state index in [0.29, 0.717) is 5.75 Å². The average Bonchev–Trinajstić information content (AvgIpc) is 2.53. The van der Waals surface area contributed by atoms with Crippen molar-refractivity contribution in [1.29, 1.82) is 0 Å². The number of nitro groups is 1. The maximum Gasteiger partial charge on any atom is 0.288 e. The number of rotatable bonds is 5. The van der Waals surface area contributed by atoms with Crippen molar-refractivity contribution in [2.75, 3.05) is 7.11 Å². The number of ether oxygens (including phenoxy) is 1. The lowest BCUT2D eigenvalue weighted by molar-refractivity contribution is -0.384. The molecule has 0 aliphatic carbocycles. The number of hydrogen-bond acceptors (Lipinski definition) is 4. The van der Waals surface area contributed by atoms with E-state index in [1.165, 1.54) is 12.1 Å². The molecular formula is C15H13ClN2O4. The molecule has 22 heavy (non-hydrogen) atoms. The summed E-state index contributed by atoms with van der Waals surface area (Å²) in [5.74, 6) is 0.232. The summed E-state index contributed by atoms with van der Waals surface area (Å²) in [6, 6.07) is 11.2. The molecule has 0 aromatic heterocycles. The lowest BCUT2D eigenvalue weighted by Crippen LogP contribution is -2.23. The molecule has 2 aromatic rings. The van der Waals surface area contributed by atoms with Crippen LogP contribution in [0.15, 0.2) is 42.5 Å². The number of para-hydroxylation sites is 1. The van der Waals surface area contributed by atoms with Crippen LogP contribution in [0.4, 0.5) is 5.69 Å². The molecule has 0 aliphatic rings. The van der Waals surface area contributed by atoms with Crippen LogP contribution in [0.2, 0.25) is 5.02 Å². The first-order valence-corrected chi connectivity index (χ1v) is 6.74. The van der Waals surface area contributed by atoms with Crippen LogP contribution in [0, 0.1) is 10.1 Å². The number of benzene rings is 2. The third-order valence-electron chi connectivity index (χ3n) is 3.04. The average molecular weight is 321 g/mol. The molecule has 1 amide bonds. The Kier molecular flexibility index (Phi) is 4.95. The number of nitrogens with one attached hydrogen (secondary N) is 1. The summed E-state index contributed by atoms with van der Waals surface area (Å²) in [6.45, 7) is 0.249. The highest BCUT2D eigenvalue weighted by molar-refractivity contribution is 6.32. The zero-order chi connectivity index (χ0) is 16.1. The Morgan fingerprint density at radius 3 is 2.73 bits per heavy atom. The van der Waals surface area contributed by atoms with Crippen LogP contribution in [0.1, 0.15) is 15.9 Å². The van der Waals surface area contributed by atoms with Gasteiger partial charge in [0.15, 0.2) is 0 Å². The Balaban J connectivity index is 2.13. The predicted molar refractivity (Wildman–Crippen MR) is 82.3 cm³/mol. The van der Waals surface area contributed by atoms with Gasteiger partial charge in [0, 0.05) is 23.7 Å². The van der Waals surface area contributed by atoms with Gasteiger partial charge in [0.2, 0.25) is 0 Å². The molecular weight excluding hydrogens is 308 g/mol. The molecule has 0 spiro atoms. The SMILES string of the molecule is COc1ccccc1CNC(=O)c1ccc(Cl)c([N+](=O)[O-])c1. The van der Waals surface area contributed by atoms with Crippen LogP contribution >= 0.6 is 11.6 Å². The van der Waals surface area contributed by atoms with Gasteiger partial charge in [0.25, 0.3) is 11.6 Å². The van der Waals surface area contributed by atoms with E-state index < -0.39 is 10.8 Å². The van der Waals surface area contributed by atoms with Gasteiger partial charge in [0.05, 0.1) is 12.0 Å². The van der Waals surface area contributed by atoms with Gasteiger partial charge in [-0.05, 0) is 18.2 Å². The van der Waals surface area contributed by atoms with Crippen molar-refractivity contribution in [2.45, 2.75) is 6.54 Å². The maximum absolute atomic E-state index is 12.1. The minimum absolute atomic E-state index is 0.00808. The second-order valence-electron chi connectivity index (χ2n) is 4.42. The van der Waals surface area contributed by atoms with Crippen molar-refractivity contribution in [2.24, 2.45) is 0 Å². The summed E-state index contributed by atoms with van der Waals surface area (Å²) in [4.78, 5) is 22.3. The van der Waals surface area contributed by atoms with Crippen molar-refractivity contribution in [3.05, 3.63) is 68.7 Å². The van der Waals surface area contributed by atoms with Gasteiger partial charge in [-0.3, -0.25) is 14.9 Å². The highest BCUT2D eigenvalue weighted by Gasteiger charge is 2.16. The second-order valence-corrected chi connectivity index (χ2v) is 4.83. The summed E-state index contributed by atoms with van der Waals surface area (Å²) in [6.07, 6.45) is 0. The van der Waals surface area contributed by atoms with Crippen molar-refractivity contribution in [3.8, 4) is 5.75 Å². The first kappa shape index (κ1) is 15.8. The zero-order valence-electron chi connectivity index (χ0n) is 11.7. The molecule has 0 unspecified atom stereocenters. The summed E-state index contributed by atoms with van der Waals surface area (Å²) in [5, 5.41) is 13.5. The third kappa shape index (κ3) is 3.53. The van der Waals surface area contributed by atoms with E-state index in [1.807, 2.05) is 18.2 Å². The van der Waals surface area contributed by atoms with Crippen molar-refractivity contribution >= 4 is 23.2 Å². The largest absolute Gasteiger partial charge is 0.496 e. The first-order chi connectivity index (χ1) is 10.5. The van der Waals surface area contributed by atoms with Gasteiger partial charge in [-0.15, -0.1) is 0 Å². The second kappa shape index (κ2) is 6.91. The number of nitrogens with zero attached hydrogens (tertiary/aromatic N) is 1. The van der Waals surface area contributed by atoms with E-state index >= 15 is 0 Å². The molecule has 6 nitrogen and oxygen atoms in total. The Hall–Kier alpha value is -2.60. The van der Waals surface area contributed by atoms with Crippen LogP contribution in [0.5, 0.6) is 5.75 Å². The Morgan fingerprint density at radius 1 is 1.32 bits per heavy atom. The topological polar surface area (TPSA) is 81.5 Å². The number of methoxy groups -OCH3 is 1. The van der Waals surface area contributed by atoms with Crippen molar-refractivity contribution < 1.29 is 14.5 Å². The number of carbonyl (C=O) groups excluding carboxylic acids is 1. The molecule has 0 radical (unpaired) electrons. The standard InChI is InChI=1S/C15H13ClN2O4/c1-22-14-5-3-2-4-11(14)9-17-15(19)10-6-7-12(16)13(8-10)18(20)21/h2-8H,9H2,1H3,(H,17,19). The predicted octanol–water partition coefficient (Wildman–Crippen LogP) is 3.19. The fourth-order valence-electron chi connectivity index (χ4n) is 1.92. The molecule has 0 saturated heterocycles. The maximum atomic E-state index is 12.1. The number of amides is 1. The van der Waals surface area contributed by atoms with Gasteiger partial charge in [0.1, 0.15) is 10.8 Å². The normalized spacial score (nSPS) is 10.1. The minimum atomic E-state index is -0.626. The van der Waals surface area contributed by atoms with Crippen LogP contribution in [0.25, 0.3) is 0 Å². The summed E-state index contributed by atoms with van der Waals surface area (Å²) in [5.41, 5.74) is 0.680. The van der Waals surface area contributed by atoms with Gasteiger partial charge in [-0.25, -0.2) is 0 Å². The fraction of sp³-hybridized carbons (Fsp3) is 0.133. The van der Waals surface area contributed by atoms with Gasteiger partial charge in [-0.2, -0.15) is 0 Å². The first-order valence-electron chi connectivity index (χ1n) is 6.37. The molecule has 0 saturated carbocycles. The highest BCUT2D eigenvalue weighted by atomic mass is 35.5. The van der Waals surface area contributed by atoms with E-state index in [2.05, 4.69) is 5.32 Å². The fourth-order valence-corrected chi connectivity index (χ4v) is 2.11. The smallest absolute Gasteiger partial charge is 0.288 e. The molecule has 2 aromatic carbocycles. The molecule has 0 aliphatic heterocycles. The zero-order valence-corrected chi connectivity index (χ0v) is 12.5. The molecule has 7 heteroatoms. The van der Waals surface area contributed by atoms with Crippen LogP contribution in [0.3, 0.4) is 0 Å². The van der Waals surface area contributed by atoms with Gasteiger partial charge >= 0.3 is 0 Å². The Morgan fingerprint density at radius 2 is 2.05 bits per heavy atom. The van der Waals surface area contributed by atoms with E-state index in [0.717, 1.165) is 11.6 Å². The number of nitro benzene ring substituents is 1. The van der Waals surface area contributed by atoms with Crippen LogP contribution in [-0.2, 0) is 6.54 Å². The number of carbonyl (C=O) groups is 1. The van der Waals surface area contributed by atoms with Gasteiger partial charge < -0.3 is 10.1 Å². The monoisotopic (exact) mass is 320 g/mol. The summed E-state index contributed by atoms with van der Waals surface area (Å²) >= 11 is 5.72. The molecule has 0 bridgehead atoms. The summed E-state index contributed by atoms with van der Waals surface area (Å²) in [7, 11) is 1.54. The van der Waals surface area contributed by atoms with Crippen LogP contribution < -0.4 is 10.1 Å². The molecule has 0 atom stereocenters.